The zero-order valence-corrected chi connectivity index (χ0v) is 12.2. The van der Waals surface area contributed by atoms with Crippen molar-refractivity contribution in [1.82, 2.24) is 0 Å². The summed E-state index contributed by atoms with van der Waals surface area (Å²) >= 11 is 0. The van der Waals surface area contributed by atoms with Crippen molar-refractivity contribution in [3.63, 3.8) is 0 Å². The highest BCUT2D eigenvalue weighted by atomic mass is 16.7. The van der Waals surface area contributed by atoms with Crippen molar-refractivity contribution in [1.29, 1.82) is 0 Å². The Bertz CT molecular complexity index is 432. The maximum atomic E-state index is 11.7. The van der Waals surface area contributed by atoms with E-state index in [0.717, 1.165) is 0 Å². The van der Waals surface area contributed by atoms with E-state index in [1.807, 2.05) is 0 Å². The first-order valence-corrected chi connectivity index (χ1v) is 6.17. The average Bonchev–Trinajstić information content (AvgIpc) is 2.47. The highest BCUT2D eigenvalue weighted by molar-refractivity contribution is 5.73. The molecule has 20 heavy (non-hydrogen) atoms. The maximum absolute atomic E-state index is 11.7. The van der Waals surface area contributed by atoms with Gasteiger partial charge in [0.1, 0.15) is 5.75 Å². The lowest BCUT2D eigenvalue weighted by molar-refractivity contribution is -0.141. The van der Waals surface area contributed by atoms with Crippen molar-refractivity contribution < 1.29 is 28.5 Å². The SMILES string of the molecule is COc1ccc(OC(=O)CCOC(C)OC)c(OC)c1. The molecule has 0 aliphatic carbocycles. The largest absolute Gasteiger partial charge is 0.497 e. The molecule has 1 aromatic rings. The number of rotatable bonds is 8. The summed E-state index contributed by atoms with van der Waals surface area (Å²) in [6, 6.07) is 4.95. The summed E-state index contributed by atoms with van der Waals surface area (Å²) in [6.45, 7) is 1.98. The third-order valence-corrected chi connectivity index (χ3v) is 2.59. The van der Waals surface area contributed by atoms with E-state index >= 15 is 0 Å². The fourth-order valence-corrected chi connectivity index (χ4v) is 1.41. The molecule has 0 aromatic heterocycles. The van der Waals surface area contributed by atoms with E-state index in [-0.39, 0.29) is 19.3 Å². The van der Waals surface area contributed by atoms with Crippen LogP contribution in [0.15, 0.2) is 18.2 Å². The Labute approximate surface area is 118 Å². The molecular weight excluding hydrogens is 264 g/mol. The van der Waals surface area contributed by atoms with Crippen molar-refractivity contribution in [2.24, 2.45) is 0 Å². The topological polar surface area (TPSA) is 63.2 Å². The summed E-state index contributed by atoms with van der Waals surface area (Å²) in [5, 5.41) is 0. The quantitative estimate of drug-likeness (QED) is 0.413. The van der Waals surface area contributed by atoms with Crippen LogP contribution in [-0.4, -0.2) is 40.2 Å². The highest BCUT2D eigenvalue weighted by Gasteiger charge is 2.11. The standard InChI is InChI=1S/C14H20O6/c1-10(16-2)19-8-7-14(15)20-12-6-5-11(17-3)9-13(12)18-4/h5-6,9-10H,7-8H2,1-4H3. The summed E-state index contributed by atoms with van der Waals surface area (Å²) in [6.07, 6.45) is -0.221. The second kappa shape index (κ2) is 8.39. The highest BCUT2D eigenvalue weighted by Crippen LogP contribution is 2.31. The minimum Gasteiger partial charge on any atom is -0.497 e. The predicted octanol–water partition coefficient (Wildman–Crippen LogP) is 2.01. The fourth-order valence-electron chi connectivity index (χ4n) is 1.41. The fraction of sp³-hybridized carbons (Fsp3) is 0.500. The third kappa shape index (κ3) is 5.07. The molecule has 0 heterocycles. The molecule has 0 saturated carbocycles. The smallest absolute Gasteiger partial charge is 0.313 e. The van der Waals surface area contributed by atoms with Crippen LogP contribution in [0.1, 0.15) is 13.3 Å². The Morgan fingerprint density at radius 2 is 1.90 bits per heavy atom. The molecule has 1 aromatic carbocycles. The van der Waals surface area contributed by atoms with Gasteiger partial charge in [0.25, 0.3) is 0 Å². The van der Waals surface area contributed by atoms with Gasteiger partial charge in [0, 0.05) is 13.2 Å². The number of carbonyl (C=O) groups excluding carboxylic acids is 1. The molecule has 0 aliphatic heterocycles. The molecule has 1 atom stereocenters. The van der Waals surface area contributed by atoms with Crippen LogP contribution in [0.3, 0.4) is 0 Å². The van der Waals surface area contributed by atoms with Gasteiger partial charge in [0.2, 0.25) is 0 Å². The molecule has 0 N–H and O–H groups in total. The number of carbonyl (C=O) groups is 1. The summed E-state index contributed by atoms with van der Waals surface area (Å²) in [5.74, 6) is 0.998. The summed E-state index contributed by atoms with van der Waals surface area (Å²) < 4.78 is 25.5. The van der Waals surface area contributed by atoms with Crippen LogP contribution in [-0.2, 0) is 14.3 Å². The molecule has 1 unspecified atom stereocenters. The van der Waals surface area contributed by atoms with Gasteiger partial charge >= 0.3 is 5.97 Å². The van der Waals surface area contributed by atoms with Crippen LogP contribution < -0.4 is 14.2 Å². The number of hydrogen-bond acceptors (Lipinski definition) is 6. The van der Waals surface area contributed by atoms with Crippen LogP contribution in [0.4, 0.5) is 0 Å². The van der Waals surface area contributed by atoms with Gasteiger partial charge in [-0.3, -0.25) is 4.79 Å². The van der Waals surface area contributed by atoms with Gasteiger partial charge < -0.3 is 23.7 Å². The van der Waals surface area contributed by atoms with Gasteiger partial charge in [-0.1, -0.05) is 0 Å². The van der Waals surface area contributed by atoms with E-state index < -0.39 is 5.97 Å². The normalized spacial score (nSPS) is 11.8. The maximum Gasteiger partial charge on any atom is 0.313 e. The number of benzene rings is 1. The van der Waals surface area contributed by atoms with Gasteiger partial charge in [-0.05, 0) is 19.1 Å². The summed E-state index contributed by atoms with van der Waals surface area (Å²) in [5.41, 5.74) is 0. The number of esters is 1. The molecule has 0 bridgehead atoms. The Morgan fingerprint density at radius 3 is 2.50 bits per heavy atom. The van der Waals surface area contributed by atoms with Gasteiger partial charge in [0.15, 0.2) is 17.8 Å². The van der Waals surface area contributed by atoms with Crippen molar-refractivity contribution >= 4 is 5.97 Å². The molecule has 112 valence electrons. The molecular formula is C14H20O6. The van der Waals surface area contributed by atoms with E-state index in [1.165, 1.54) is 14.2 Å². The Kier molecular flexibility index (Phi) is 6.83. The third-order valence-electron chi connectivity index (χ3n) is 2.59. The number of hydrogen-bond donors (Lipinski definition) is 0. The monoisotopic (exact) mass is 284 g/mol. The van der Waals surface area contributed by atoms with Crippen molar-refractivity contribution in [2.45, 2.75) is 19.6 Å². The lowest BCUT2D eigenvalue weighted by Crippen LogP contribution is -2.16. The van der Waals surface area contributed by atoms with Gasteiger partial charge in [-0.25, -0.2) is 0 Å². The molecule has 0 fully saturated rings. The van der Waals surface area contributed by atoms with Crippen molar-refractivity contribution in [3.05, 3.63) is 18.2 Å². The van der Waals surface area contributed by atoms with E-state index in [9.17, 15) is 4.79 Å². The van der Waals surface area contributed by atoms with Crippen LogP contribution in [0.25, 0.3) is 0 Å². The molecule has 6 heteroatoms. The molecule has 6 nitrogen and oxygen atoms in total. The van der Waals surface area contributed by atoms with Crippen LogP contribution in [0.5, 0.6) is 17.2 Å². The summed E-state index contributed by atoms with van der Waals surface area (Å²) in [7, 11) is 4.58. The average molecular weight is 284 g/mol. The zero-order chi connectivity index (χ0) is 15.0. The predicted molar refractivity (Wildman–Crippen MR) is 72.2 cm³/mol. The van der Waals surface area contributed by atoms with E-state index in [2.05, 4.69) is 0 Å². The van der Waals surface area contributed by atoms with Gasteiger partial charge in [-0.2, -0.15) is 0 Å². The molecule has 0 spiro atoms. The van der Waals surface area contributed by atoms with E-state index in [0.29, 0.717) is 17.2 Å². The molecule has 0 radical (unpaired) electrons. The molecule has 1 rings (SSSR count). The van der Waals surface area contributed by atoms with Crippen LogP contribution >= 0.6 is 0 Å². The molecule has 0 saturated heterocycles. The Hall–Kier alpha value is -1.79. The second-order valence-corrected chi connectivity index (χ2v) is 3.91. The lowest BCUT2D eigenvalue weighted by atomic mass is 10.3. The zero-order valence-electron chi connectivity index (χ0n) is 12.2. The second-order valence-electron chi connectivity index (χ2n) is 3.91. The Morgan fingerprint density at radius 1 is 1.15 bits per heavy atom. The minimum absolute atomic E-state index is 0.128. The minimum atomic E-state index is -0.406. The van der Waals surface area contributed by atoms with Crippen molar-refractivity contribution in [3.8, 4) is 17.2 Å². The number of ether oxygens (including phenoxy) is 5. The molecule has 0 aliphatic rings. The molecule has 0 amide bonds. The number of methoxy groups -OCH3 is 3. The van der Waals surface area contributed by atoms with E-state index in [1.54, 1.807) is 32.2 Å². The van der Waals surface area contributed by atoms with Gasteiger partial charge in [0.05, 0.1) is 27.2 Å². The van der Waals surface area contributed by atoms with Crippen LogP contribution in [0.2, 0.25) is 0 Å². The Balaban J connectivity index is 2.53. The van der Waals surface area contributed by atoms with Crippen molar-refractivity contribution in [2.75, 3.05) is 27.9 Å². The first-order valence-electron chi connectivity index (χ1n) is 6.17. The lowest BCUT2D eigenvalue weighted by Gasteiger charge is -2.12. The first kappa shape index (κ1) is 16.3. The summed E-state index contributed by atoms with van der Waals surface area (Å²) in [4.78, 5) is 11.7. The first-order chi connectivity index (χ1) is 9.60. The van der Waals surface area contributed by atoms with Crippen LogP contribution in [0, 0.1) is 0 Å². The van der Waals surface area contributed by atoms with Gasteiger partial charge in [-0.15, -0.1) is 0 Å². The van der Waals surface area contributed by atoms with E-state index in [4.69, 9.17) is 23.7 Å².